The van der Waals surface area contributed by atoms with E-state index in [0.717, 1.165) is 64.2 Å². The summed E-state index contributed by atoms with van der Waals surface area (Å²) in [7, 11) is -2.08. The number of urea groups is 1. The molecular weight excluding hydrogens is 685 g/mol. The van der Waals surface area contributed by atoms with Crippen molar-refractivity contribution >= 4 is 39.6 Å². The molecule has 4 aliphatic carbocycles. The Morgan fingerprint density at radius 2 is 1.52 bits per heavy atom. The van der Waals surface area contributed by atoms with Gasteiger partial charge in [-0.25, -0.2) is 17.5 Å². The highest BCUT2D eigenvalue weighted by Gasteiger charge is 2.51. The van der Waals surface area contributed by atoms with Crippen molar-refractivity contribution in [3.8, 4) is 0 Å². The van der Waals surface area contributed by atoms with Gasteiger partial charge in [0.25, 0.3) is 5.91 Å². The second-order valence-electron chi connectivity index (χ2n) is 17.9. The molecule has 0 aromatic carbocycles. The molecule has 4 saturated carbocycles. The van der Waals surface area contributed by atoms with E-state index >= 15 is 0 Å². The van der Waals surface area contributed by atoms with Gasteiger partial charge in [0.05, 0.1) is 16.8 Å². The summed E-state index contributed by atoms with van der Waals surface area (Å²) in [6.45, 7) is 11.5. The van der Waals surface area contributed by atoms with Crippen molar-refractivity contribution in [3.05, 3.63) is 0 Å². The lowest BCUT2D eigenvalue weighted by Crippen LogP contribution is -2.66. The number of likely N-dealkylation sites (tertiary alicyclic amines) is 1. The molecule has 5 aliphatic rings. The first kappa shape index (κ1) is 40.4. The lowest BCUT2D eigenvalue weighted by molar-refractivity contribution is -0.145. The molecule has 0 unspecified atom stereocenters. The molecule has 1 saturated heterocycles. The highest BCUT2D eigenvalue weighted by Crippen LogP contribution is 2.39. The minimum Gasteiger partial charge on any atom is -0.347 e. The van der Waals surface area contributed by atoms with Crippen molar-refractivity contribution in [3.63, 3.8) is 0 Å². The predicted molar refractivity (Wildman–Crippen MR) is 198 cm³/mol. The minimum atomic E-state index is -3.71. The van der Waals surface area contributed by atoms with Crippen LogP contribution in [0, 0.1) is 23.2 Å². The van der Waals surface area contributed by atoms with Crippen LogP contribution in [-0.2, 0) is 29.2 Å². The number of nitrogens with one attached hydrogen (secondary N) is 4. The molecule has 0 spiro atoms. The lowest BCUT2D eigenvalue weighted by Gasteiger charge is -2.44. The maximum atomic E-state index is 14.6. The zero-order chi connectivity index (χ0) is 38.2. The van der Waals surface area contributed by atoms with Crippen molar-refractivity contribution < 1.29 is 32.4 Å². The first-order valence-corrected chi connectivity index (χ1v) is 21.4. The molecule has 14 heteroatoms. The van der Waals surface area contributed by atoms with Crippen LogP contribution in [0.3, 0.4) is 0 Å². The normalized spacial score (nSPS) is 25.3. The summed E-state index contributed by atoms with van der Waals surface area (Å²) in [6.07, 6.45) is 10.7. The molecule has 0 bridgehead atoms. The quantitative estimate of drug-likeness (QED) is 0.175. The van der Waals surface area contributed by atoms with E-state index in [1.165, 1.54) is 9.21 Å². The van der Waals surface area contributed by atoms with Crippen LogP contribution >= 0.6 is 0 Å². The first-order valence-electron chi connectivity index (χ1n) is 19.9. The third kappa shape index (κ3) is 9.49. The molecule has 294 valence electrons. The van der Waals surface area contributed by atoms with Crippen LogP contribution in [-0.4, -0.2) is 102 Å². The lowest BCUT2D eigenvalue weighted by atomic mass is 9.79. The van der Waals surface area contributed by atoms with E-state index < -0.39 is 73.9 Å². The molecule has 0 aromatic rings. The number of rotatable bonds is 16. The van der Waals surface area contributed by atoms with Gasteiger partial charge in [-0.2, -0.15) is 0 Å². The number of Topliss-reactive ketones (excluding diaryl/α,β-unsaturated/α-hetero) is 1. The van der Waals surface area contributed by atoms with Crippen molar-refractivity contribution in [2.75, 3.05) is 13.6 Å². The van der Waals surface area contributed by atoms with E-state index in [4.69, 9.17) is 0 Å². The third-order valence-corrected chi connectivity index (χ3v) is 14.8. The largest absolute Gasteiger partial charge is 0.347 e. The molecule has 1 aliphatic heterocycles. The number of carbonyl (C=O) groups excluding carboxylic acids is 5. The summed E-state index contributed by atoms with van der Waals surface area (Å²) in [4.78, 5) is 70.5. The number of ketones is 1. The Hall–Kier alpha value is -2.74. The van der Waals surface area contributed by atoms with Crippen molar-refractivity contribution in [1.82, 2.24) is 30.5 Å². The van der Waals surface area contributed by atoms with Crippen LogP contribution in [0.25, 0.3) is 0 Å². The number of nitrogens with zero attached hydrogens (tertiary/aromatic N) is 2. The van der Waals surface area contributed by atoms with E-state index in [1.807, 2.05) is 34.6 Å². The Labute approximate surface area is 311 Å². The van der Waals surface area contributed by atoms with Crippen LogP contribution in [0.15, 0.2) is 0 Å². The van der Waals surface area contributed by atoms with E-state index in [0.29, 0.717) is 38.1 Å². The fourth-order valence-electron chi connectivity index (χ4n) is 8.28. The molecule has 4 N–H and O–H groups in total. The van der Waals surface area contributed by atoms with Crippen LogP contribution in [0.1, 0.15) is 131 Å². The van der Waals surface area contributed by atoms with Crippen molar-refractivity contribution in [2.24, 2.45) is 23.2 Å². The first-order chi connectivity index (χ1) is 24.4. The number of hydrogen-bond donors (Lipinski definition) is 4. The van der Waals surface area contributed by atoms with Crippen LogP contribution < -0.4 is 21.3 Å². The zero-order valence-corrected chi connectivity index (χ0v) is 33.3. The SMILES string of the molecule is CC(C)[C@H]1CCN(C(=O)[C@@H](NC(=O)NC2([C@H](C)S(=O)(=O)N(C)C3CC3)CCCCC2)C(C)(C)C)[C@@H]1C(=O)N[C@@H](CCC1CC1)C(=O)C(=O)NC1CC1. The molecule has 5 fully saturated rings. The summed E-state index contributed by atoms with van der Waals surface area (Å²) in [5, 5.41) is 10.8. The predicted octanol–water partition coefficient (Wildman–Crippen LogP) is 3.61. The third-order valence-electron chi connectivity index (χ3n) is 12.4. The van der Waals surface area contributed by atoms with E-state index in [1.54, 1.807) is 14.0 Å². The fraction of sp³-hybridized carbons (Fsp3) is 0.868. The second-order valence-corrected chi connectivity index (χ2v) is 20.2. The fourth-order valence-corrected chi connectivity index (χ4v) is 10.3. The highest BCUT2D eigenvalue weighted by atomic mass is 32.2. The molecule has 5 rings (SSSR count). The van der Waals surface area contributed by atoms with E-state index in [-0.39, 0.29) is 23.9 Å². The average Bonchev–Trinajstić information content (AvgIpc) is 3.95. The molecule has 0 aromatic heterocycles. The molecule has 13 nitrogen and oxygen atoms in total. The van der Waals surface area contributed by atoms with Gasteiger partial charge >= 0.3 is 6.03 Å². The Balaban J connectivity index is 1.34. The standard InChI is InChI=1S/C38H64N6O7S/c1-23(2)28-19-22-44(30(28)33(46)40-29(18-13-25-11-12-25)31(45)34(47)39-26-14-15-26)35(48)32(37(4,5)6)41-36(49)42-38(20-9-8-10-21-38)24(3)52(50,51)43(7)27-16-17-27/h23-30,32H,8-22H2,1-7H3,(H,39,47)(H,40,46)(H2,41,42,49)/t24-,28+,29-,30-,32+/m0/s1. The molecule has 5 atom stereocenters. The number of sulfonamides is 1. The summed E-state index contributed by atoms with van der Waals surface area (Å²) < 4.78 is 28.9. The number of hydrogen-bond acceptors (Lipinski definition) is 7. The smallest absolute Gasteiger partial charge is 0.315 e. The zero-order valence-electron chi connectivity index (χ0n) is 32.5. The topological polar surface area (TPSA) is 174 Å². The van der Waals surface area contributed by atoms with Gasteiger partial charge in [-0.15, -0.1) is 0 Å². The van der Waals surface area contributed by atoms with Crippen LogP contribution in [0.2, 0.25) is 0 Å². The van der Waals surface area contributed by atoms with E-state index in [9.17, 15) is 32.4 Å². The van der Waals surface area contributed by atoms with Gasteiger partial charge in [0.2, 0.25) is 27.6 Å². The Morgan fingerprint density at radius 1 is 0.885 bits per heavy atom. The maximum Gasteiger partial charge on any atom is 0.315 e. The molecule has 1 heterocycles. The number of amides is 5. The van der Waals surface area contributed by atoms with Gasteiger partial charge in [-0.1, -0.05) is 66.7 Å². The summed E-state index contributed by atoms with van der Waals surface area (Å²) in [5.41, 5.74) is -1.76. The second kappa shape index (κ2) is 15.9. The summed E-state index contributed by atoms with van der Waals surface area (Å²) in [6, 6.07) is -3.52. The Kier molecular flexibility index (Phi) is 12.4. The van der Waals surface area contributed by atoms with E-state index in [2.05, 4.69) is 21.3 Å². The van der Waals surface area contributed by atoms with Crippen molar-refractivity contribution in [2.45, 2.75) is 172 Å². The monoisotopic (exact) mass is 748 g/mol. The van der Waals surface area contributed by atoms with Gasteiger partial charge in [0.1, 0.15) is 12.1 Å². The van der Waals surface area contributed by atoms with Gasteiger partial charge in [-0.3, -0.25) is 19.2 Å². The van der Waals surface area contributed by atoms with Crippen LogP contribution in [0.5, 0.6) is 0 Å². The average molecular weight is 749 g/mol. The summed E-state index contributed by atoms with van der Waals surface area (Å²) in [5.74, 6) is -1.87. The molecule has 5 amide bonds. The minimum absolute atomic E-state index is 0.00317. The Morgan fingerprint density at radius 3 is 2.06 bits per heavy atom. The van der Waals surface area contributed by atoms with Gasteiger partial charge < -0.3 is 26.2 Å². The van der Waals surface area contributed by atoms with Gasteiger partial charge in [-0.05, 0) is 87.9 Å². The summed E-state index contributed by atoms with van der Waals surface area (Å²) >= 11 is 0. The molecule has 52 heavy (non-hydrogen) atoms. The van der Waals surface area contributed by atoms with Gasteiger partial charge in [0.15, 0.2) is 0 Å². The molecule has 0 radical (unpaired) electrons. The molecular formula is C38H64N6O7S. The van der Waals surface area contributed by atoms with Crippen molar-refractivity contribution in [1.29, 1.82) is 0 Å². The highest BCUT2D eigenvalue weighted by molar-refractivity contribution is 7.89. The maximum absolute atomic E-state index is 14.6. The van der Waals surface area contributed by atoms with Crippen LogP contribution in [0.4, 0.5) is 4.79 Å². The number of carbonyl (C=O) groups is 5. The Bertz CT molecular complexity index is 1460. The van der Waals surface area contributed by atoms with Gasteiger partial charge in [0, 0.05) is 25.7 Å².